The van der Waals surface area contributed by atoms with Gasteiger partial charge in [-0.1, -0.05) is 0 Å². The molecule has 0 spiro atoms. The number of nitrogens with one attached hydrogen (secondary N) is 1. The summed E-state index contributed by atoms with van der Waals surface area (Å²) in [6.45, 7) is 7.23. The summed E-state index contributed by atoms with van der Waals surface area (Å²) in [7, 11) is 1.59. The summed E-state index contributed by atoms with van der Waals surface area (Å²) < 4.78 is 15.7. The molecule has 0 saturated heterocycles. The third kappa shape index (κ3) is 10.7. The fourth-order valence-corrected chi connectivity index (χ4v) is 1.48. The molecular formula is C12H27NO4. The van der Waals surface area contributed by atoms with Crippen molar-refractivity contribution in [1.82, 2.24) is 5.32 Å². The summed E-state index contributed by atoms with van der Waals surface area (Å²) in [4.78, 5) is 0. The number of hydrogen-bond acceptors (Lipinski definition) is 5. The van der Waals surface area contributed by atoms with Crippen LogP contribution in [0.25, 0.3) is 0 Å². The number of aliphatic hydroxyl groups is 1. The Morgan fingerprint density at radius 1 is 1.06 bits per heavy atom. The molecule has 0 fully saturated rings. The average Bonchev–Trinajstić information content (AvgIpc) is 2.29. The number of ether oxygens (including phenoxy) is 3. The van der Waals surface area contributed by atoms with Crippen molar-refractivity contribution in [1.29, 1.82) is 0 Å². The summed E-state index contributed by atoms with van der Waals surface area (Å²) >= 11 is 0. The quantitative estimate of drug-likeness (QED) is 0.395. The standard InChI is InChI=1S/C12H27NO4/c1-4-16-12(17-5-2)7-9-13-8-6-11(14)10-15-3/h11-14H,4-10H2,1-3H3. The highest BCUT2D eigenvalue weighted by atomic mass is 16.7. The van der Waals surface area contributed by atoms with E-state index >= 15 is 0 Å². The lowest BCUT2D eigenvalue weighted by atomic mass is 10.2. The molecular weight excluding hydrogens is 222 g/mol. The van der Waals surface area contributed by atoms with E-state index in [9.17, 15) is 5.11 Å². The summed E-state index contributed by atoms with van der Waals surface area (Å²) in [5.74, 6) is 0. The largest absolute Gasteiger partial charge is 0.391 e. The number of hydrogen-bond donors (Lipinski definition) is 2. The molecule has 1 unspecified atom stereocenters. The van der Waals surface area contributed by atoms with Crippen LogP contribution in [0.3, 0.4) is 0 Å². The number of aliphatic hydroxyl groups excluding tert-OH is 1. The van der Waals surface area contributed by atoms with E-state index in [2.05, 4.69) is 5.32 Å². The van der Waals surface area contributed by atoms with Crippen LogP contribution in [0.15, 0.2) is 0 Å². The lowest BCUT2D eigenvalue weighted by Crippen LogP contribution is -2.28. The molecule has 0 bridgehead atoms. The first-order valence-corrected chi connectivity index (χ1v) is 6.35. The van der Waals surface area contributed by atoms with Crippen LogP contribution in [0.5, 0.6) is 0 Å². The zero-order valence-electron chi connectivity index (χ0n) is 11.3. The van der Waals surface area contributed by atoms with Crippen LogP contribution in [0.4, 0.5) is 0 Å². The van der Waals surface area contributed by atoms with E-state index in [-0.39, 0.29) is 12.4 Å². The van der Waals surface area contributed by atoms with Gasteiger partial charge in [0.05, 0.1) is 12.7 Å². The van der Waals surface area contributed by atoms with Gasteiger partial charge in [0.2, 0.25) is 0 Å². The molecule has 5 heteroatoms. The van der Waals surface area contributed by atoms with Crippen molar-refractivity contribution >= 4 is 0 Å². The first kappa shape index (κ1) is 16.8. The van der Waals surface area contributed by atoms with Gasteiger partial charge in [-0.25, -0.2) is 0 Å². The zero-order valence-corrected chi connectivity index (χ0v) is 11.3. The monoisotopic (exact) mass is 249 g/mol. The Bertz CT molecular complexity index is 151. The van der Waals surface area contributed by atoms with Crippen molar-refractivity contribution in [3.8, 4) is 0 Å². The van der Waals surface area contributed by atoms with E-state index in [1.807, 2.05) is 13.8 Å². The second-order valence-electron chi connectivity index (χ2n) is 3.78. The van der Waals surface area contributed by atoms with Crippen molar-refractivity contribution in [3.63, 3.8) is 0 Å². The lowest BCUT2D eigenvalue weighted by molar-refractivity contribution is -0.138. The van der Waals surface area contributed by atoms with Crippen LogP contribution in [-0.2, 0) is 14.2 Å². The first-order valence-electron chi connectivity index (χ1n) is 6.35. The highest BCUT2D eigenvalue weighted by Gasteiger charge is 2.07. The molecule has 2 N–H and O–H groups in total. The maximum atomic E-state index is 9.41. The van der Waals surface area contributed by atoms with Crippen molar-refractivity contribution in [2.24, 2.45) is 0 Å². The fourth-order valence-electron chi connectivity index (χ4n) is 1.48. The highest BCUT2D eigenvalue weighted by molar-refractivity contribution is 4.57. The number of methoxy groups -OCH3 is 1. The van der Waals surface area contributed by atoms with Crippen LogP contribution in [-0.4, -0.2) is 57.5 Å². The molecule has 1 atom stereocenters. The molecule has 0 rings (SSSR count). The summed E-state index contributed by atoms with van der Waals surface area (Å²) in [5, 5.41) is 12.7. The fraction of sp³-hybridized carbons (Fsp3) is 1.00. The first-order chi connectivity index (χ1) is 8.24. The van der Waals surface area contributed by atoms with Gasteiger partial charge in [0.15, 0.2) is 6.29 Å². The molecule has 0 heterocycles. The van der Waals surface area contributed by atoms with Gasteiger partial charge >= 0.3 is 0 Å². The second kappa shape index (κ2) is 12.3. The van der Waals surface area contributed by atoms with E-state index < -0.39 is 0 Å². The second-order valence-corrected chi connectivity index (χ2v) is 3.78. The van der Waals surface area contributed by atoms with Crippen LogP contribution in [0.2, 0.25) is 0 Å². The lowest BCUT2D eigenvalue weighted by Gasteiger charge is -2.17. The van der Waals surface area contributed by atoms with Crippen LogP contribution in [0.1, 0.15) is 26.7 Å². The smallest absolute Gasteiger partial charge is 0.158 e. The summed E-state index contributed by atoms with van der Waals surface area (Å²) in [6.07, 6.45) is 1.01. The van der Waals surface area contributed by atoms with E-state index in [1.165, 1.54) is 0 Å². The van der Waals surface area contributed by atoms with Crippen molar-refractivity contribution in [3.05, 3.63) is 0 Å². The van der Waals surface area contributed by atoms with Gasteiger partial charge in [0, 0.05) is 26.7 Å². The van der Waals surface area contributed by atoms with E-state index in [0.717, 1.165) is 19.5 Å². The van der Waals surface area contributed by atoms with E-state index in [1.54, 1.807) is 7.11 Å². The van der Waals surface area contributed by atoms with Crippen LogP contribution >= 0.6 is 0 Å². The van der Waals surface area contributed by atoms with Gasteiger partial charge in [0.1, 0.15) is 0 Å². The van der Waals surface area contributed by atoms with Gasteiger partial charge in [-0.3, -0.25) is 0 Å². The maximum Gasteiger partial charge on any atom is 0.158 e. The number of rotatable bonds is 12. The normalized spacial score (nSPS) is 13.2. The average molecular weight is 249 g/mol. The Morgan fingerprint density at radius 2 is 1.65 bits per heavy atom. The minimum atomic E-state index is -0.387. The molecule has 0 aromatic carbocycles. The molecule has 0 aliphatic carbocycles. The third-order valence-corrected chi connectivity index (χ3v) is 2.28. The molecule has 0 saturated carbocycles. The van der Waals surface area contributed by atoms with Gasteiger partial charge < -0.3 is 24.6 Å². The van der Waals surface area contributed by atoms with Crippen LogP contribution < -0.4 is 5.32 Å². The van der Waals surface area contributed by atoms with Crippen molar-refractivity contribution < 1.29 is 19.3 Å². The molecule has 0 amide bonds. The predicted molar refractivity (Wildman–Crippen MR) is 67.0 cm³/mol. The Balaban J connectivity index is 3.40. The van der Waals surface area contributed by atoms with E-state index in [4.69, 9.17) is 14.2 Å². The predicted octanol–water partition coefficient (Wildman–Crippen LogP) is 0.763. The zero-order chi connectivity index (χ0) is 12.9. The van der Waals surface area contributed by atoms with Gasteiger partial charge in [-0.05, 0) is 33.4 Å². The molecule has 104 valence electrons. The molecule has 17 heavy (non-hydrogen) atoms. The van der Waals surface area contributed by atoms with E-state index in [0.29, 0.717) is 26.2 Å². The van der Waals surface area contributed by atoms with Crippen LogP contribution in [0, 0.1) is 0 Å². The molecule has 0 radical (unpaired) electrons. The Morgan fingerprint density at radius 3 is 2.18 bits per heavy atom. The maximum absolute atomic E-state index is 9.41. The Kier molecular flexibility index (Phi) is 12.1. The van der Waals surface area contributed by atoms with Crippen molar-refractivity contribution in [2.45, 2.75) is 39.1 Å². The Labute approximate surface area is 104 Å². The summed E-state index contributed by atoms with van der Waals surface area (Å²) in [6, 6.07) is 0. The summed E-state index contributed by atoms with van der Waals surface area (Å²) in [5.41, 5.74) is 0. The molecule has 0 aromatic rings. The van der Waals surface area contributed by atoms with Gasteiger partial charge in [0.25, 0.3) is 0 Å². The minimum absolute atomic E-state index is 0.124. The topological polar surface area (TPSA) is 60.0 Å². The highest BCUT2D eigenvalue weighted by Crippen LogP contribution is 2.00. The molecule has 5 nitrogen and oxygen atoms in total. The molecule has 0 aromatic heterocycles. The van der Waals surface area contributed by atoms with Crippen molar-refractivity contribution in [2.75, 3.05) is 40.0 Å². The van der Waals surface area contributed by atoms with Gasteiger partial charge in [-0.2, -0.15) is 0 Å². The SMILES string of the molecule is CCOC(CCNCCC(O)COC)OCC. The molecule has 0 aliphatic rings. The third-order valence-electron chi connectivity index (χ3n) is 2.28. The molecule has 0 aliphatic heterocycles. The Hall–Kier alpha value is -0.200. The van der Waals surface area contributed by atoms with Gasteiger partial charge in [-0.15, -0.1) is 0 Å². The minimum Gasteiger partial charge on any atom is -0.391 e.